The quantitative estimate of drug-likeness (QED) is 0.492. The van der Waals surface area contributed by atoms with E-state index in [-0.39, 0.29) is 17.2 Å². The zero-order valence-electron chi connectivity index (χ0n) is 17.2. The van der Waals surface area contributed by atoms with Crippen LogP contribution in [0.25, 0.3) is 0 Å². The molecule has 3 aromatic rings. The third kappa shape index (κ3) is 4.39. The largest absolute Gasteiger partial charge is 0.495 e. The zero-order valence-corrected chi connectivity index (χ0v) is 18.7. The Morgan fingerprint density at radius 1 is 1.13 bits per heavy atom. The van der Waals surface area contributed by atoms with E-state index in [2.05, 4.69) is 5.16 Å². The third-order valence-electron chi connectivity index (χ3n) is 4.50. The second-order valence-corrected chi connectivity index (χ2v) is 8.77. The van der Waals surface area contributed by atoms with E-state index < -0.39 is 10.0 Å². The zero-order chi connectivity index (χ0) is 21.9. The van der Waals surface area contributed by atoms with E-state index in [1.165, 1.54) is 11.4 Å². The van der Waals surface area contributed by atoms with E-state index in [4.69, 9.17) is 25.6 Å². The number of halogens is 1. The van der Waals surface area contributed by atoms with Crippen molar-refractivity contribution in [3.8, 4) is 11.5 Å². The van der Waals surface area contributed by atoms with Gasteiger partial charge in [0.25, 0.3) is 10.0 Å². The van der Waals surface area contributed by atoms with Gasteiger partial charge in [-0.25, -0.2) is 8.42 Å². The lowest BCUT2D eigenvalue weighted by atomic mass is 10.2. The number of hydrogen-bond donors (Lipinski definition) is 0. The molecular formula is C21H23ClN2O5S. The number of nitrogens with zero attached hydrogens (tertiary/aromatic N) is 2. The van der Waals surface area contributed by atoms with Crippen molar-refractivity contribution in [2.75, 3.05) is 18.0 Å². The van der Waals surface area contributed by atoms with Crippen molar-refractivity contribution < 1.29 is 22.4 Å². The summed E-state index contributed by atoms with van der Waals surface area (Å²) in [6.45, 7) is 5.71. The summed E-state index contributed by atoms with van der Waals surface area (Å²) in [5.74, 6) is 1.40. The topological polar surface area (TPSA) is 81.9 Å². The minimum atomic E-state index is -3.98. The minimum Gasteiger partial charge on any atom is -0.495 e. The van der Waals surface area contributed by atoms with Gasteiger partial charge in [0.2, 0.25) is 0 Å². The Morgan fingerprint density at radius 3 is 2.37 bits per heavy atom. The molecule has 30 heavy (non-hydrogen) atoms. The van der Waals surface area contributed by atoms with Gasteiger partial charge in [0.05, 0.1) is 31.0 Å². The first kappa shape index (κ1) is 22.0. The Bertz CT molecular complexity index is 1110. The average molecular weight is 451 g/mol. The van der Waals surface area contributed by atoms with E-state index in [1.807, 2.05) is 19.1 Å². The predicted octanol–water partition coefficient (Wildman–Crippen LogP) is 4.75. The number of aromatic nitrogens is 1. The van der Waals surface area contributed by atoms with Gasteiger partial charge in [-0.15, -0.1) is 0 Å². The summed E-state index contributed by atoms with van der Waals surface area (Å²) in [5, 5.41) is 4.11. The van der Waals surface area contributed by atoms with Crippen molar-refractivity contribution in [3.63, 3.8) is 0 Å². The van der Waals surface area contributed by atoms with Crippen LogP contribution in [0.15, 0.2) is 51.9 Å². The van der Waals surface area contributed by atoms with Gasteiger partial charge in [-0.3, -0.25) is 4.31 Å². The maximum absolute atomic E-state index is 13.6. The second-order valence-electron chi connectivity index (χ2n) is 6.56. The molecule has 0 radical (unpaired) electrons. The molecule has 0 saturated carbocycles. The summed E-state index contributed by atoms with van der Waals surface area (Å²) >= 11 is 6.28. The second kappa shape index (κ2) is 8.97. The predicted molar refractivity (Wildman–Crippen MR) is 115 cm³/mol. The van der Waals surface area contributed by atoms with Crippen LogP contribution in [0.3, 0.4) is 0 Å². The van der Waals surface area contributed by atoms with Gasteiger partial charge in [0.1, 0.15) is 17.2 Å². The molecule has 0 N–H and O–H groups in total. The number of methoxy groups -OCH3 is 1. The van der Waals surface area contributed by atoms with Gasteiger partial charge >= 0.3 is 0 Å². The average Bonchev–Trinajstić information content (AvgIpc) is 3.06. The van der Waals surface area contributed by atoms with Gasteiger partial charge in [-0.2, -0.15) is 0 Å². The molecule has 9 heteroatoms. The summed E-state index contributed by atoms with van der Waals surface area (Å²) in [5.41, 5.74) is 1.47. The van der Waals surface area contributed by atoms with Crippen LogP contribution < -0.4 is 13.8 Å². The van der Waals surface area contributed by atoms with Gasteiger partial charge < -0.3 is 14.0 Å². The van der Waals surface area contributed by atoms with Crippen molar-refractivity contribution in [2.24, 2.45) is 0 Å². The van der Waals surface area contributed by atoms with Crippen molar-refractivity contribution in [1.29, 1.82) is 0 Å². The van der Waals surface area contributed by atoms with Gasteiger partial charge in [0.15, 0.2) is 10.7 Å². The van der Waals surface area contributed by atoms with Crippen LogP contribution in [-0.2, 0) is 16.6 Å². The maximum Gasteiger partial charge on any atom is 0.270 e. The van der Waals surface area contributed by atoms with Gasteiger partial charge in [-0.1, -0.05) is 28.9 Å². The van der Waals surface area contributed by atoms with Crippen molar-refractivity contribution in [2.45, 2.75) is 32.2 Å². The van der Waals surface area contributed by atoms with Crippen LogP contribution in [0.1, 0.15) is 23.9 Å². The van der Waals surface area contributed by atoms with Crippen LogP contribution in [0.4, 0.5) is 5.69 Å². The Balaban J connectivity index is 2.08. The SMILES string of the molecule is CCOc1ccc(CN(c2ccc(OC)c(Cl)c2)S(=O)(=O)c2c(C)noc2C)cc1. The molecule has 3 rings (SSSR count). The first-order valence-electron chi connectivity index (χ1n) is 9.28. The summed E-state index contributed by atoms with van der Waals surface area (Å²) in [7, 11) is -2.48. The van der Waals surface area contributed by atoms with E-state index in [0.717, 1.165) is 5.56 Å². The number of sulfonamides is 1. The molecule has 7 nitrogen and oxygen atoms in total. The fourth-order valence-electron chi connectivity index (χ4n) is 3.10. The Labute approximate surface area is 181 Å². The number of hydrogen-bond acceptors (Lipinski definition) is 6. The molecule has 0 aliphatic heterocycles. The summed E-state index contributed by atoms with van der Waals surface area (Å²) in [6.07, 6.45) is 0. The summed E-state index contributed by atoms with van der Waals surface area (Å²) in [4.78, 5) is 0.0420. The summed E-state index contributed by atoms with van der Waals surface area (Å²) in [6, 6.07) is 12.1. The minimum absolute atomic E-state index is 0.0420. The molecule has 0 spiro atoms. The Morgan fingerprint density at radius 2 is 1.83 bits per heavy atom. The maximum atomic E-state index is 13.6. The highest BCUT2D eigenvalue weighted by Gasteiger charge is 2.32. The highest BCUT2D eigenvalue weighted by Crippen LogP contribution is 2.34. The van der Waals surface area contributed by atoms with Crippen molar-refractivity contribution >= 4 is 27.3 Å². The third-order valence-corrected chi connectivity index (χ3v) is 6.81. The standard InChI is InChI=1S/C21H23ClN2O5S/c1-5-28-18-9-6-16(7-10-18)13-24(17-8-11-20(27-4)19(22)12-17)30(25,26)21-14(2)23-29-15(21)3/h6-12H,5,13H2,1-4H3. The number of anilines is 1. The normalized spacial score (nSPS) is 11.4. The molecule has 160 valence electrons. The number of ether oxygens (including phenoxy) is 2. The van der Waals surface area contributed by atoms with Crippen LogP contribution in [-0.4, -0.2) is 27.3 Å². The smallest absolute Gasteiger partial charge is 0.270 e. The highest BCUT2D eigenvalue weighted by atomic mass is 35.5. The van der Waals surface area contributed by atoms with Crippen molar-refractivity contribution in [3.05, 3.63) is 64.5 Å². The number of rotatable bonds is 8. The first-order valence-corrected chi connectivity index (χ1v) is 11.1. The summed E-state index contributed by atoms with van der Waals surface area (Å²) < 4.78 is 44.2. The van der Waals surface area contributed by atoms with E-state index in [1.54, 1.807) is 44.2 Å². The molecular weight excluding hydrogens is 428 g/mol. The number of benzene rings is 2. The molecule has 1 heterocycles. The lowest BCUT2D eigenvalue weighted by Crippen LogP contribution is -2.31. The van der Waals surface area contributed by atoms with Crippen molar-refractivity contribution in [1.82, 2.24) is 5.16 Å². The van der Waals surface area contributed by atoms with Gasteiger partial charge in [0, 0.05) is 0 Å². The molecule has 0 unspecified atom stereocenters. The Kier molecular flexibility index (Phi) is 6.58. The lowest BCUT2D eigenvalue weighted by molar-refractivity contribution is 0.340. The van der Waals surface area contributed by atoms with Crippen LogP contribution in [0.2, 0.25) is 5.02 Å². The molecule has 2 aromatic carbocycles. The molecule has 1 aromatic heterocycles. The number of aryl methyl sites for hydroxylation is 2. The lowest BCUT2D eigenvalue weighted by Gasteiger charge is -2.25. The molecule has 0 saturated heterocycles. The molecule has 0 amide bonds. The van der Waals surface area contributed by atoms with Crippen LogP contribution >= 0.6 is 11.6 Å². The van der Waals surface area contributed by atoms with Crippen LogP contribution in [0, 0.1) is 13.8 Å². The van der Waals surface area contributed by atoms with Crippen LogP contribution in [0.5, 0.6) is 11.5 Å². The van der Waals surface area contributed by atoms with Gasteiger partial charge in [-0.05, 0) is 56.7 Å². The first-order chi connectivity index (χ1) is 14.3. The molecule has 0 fully saturated rings. The van der Waals surface area contributed by atoms with E-state index in [9.17, 15) is 8.42 Å². The molecule has 0 aliphatic rings. The monoisotopic (exact) mass is 450 g/mol. The molecule has 0 aliphatic carbocycles. The highest BCUT2D eigenvalue weighted by molar-refractivity contribution is 7.92. The molecule has 0 atom stereocenters. The van der Waals surface area contributed by atoms with E-state index >= 15 is 0 Å². The van der Waals surface area contributed by atoms with E-state index in [0.29, 0.717) is 34.5 Å². The fraction of sp³-hybridized carbons (Fsp3) is 0.286. The molecule has 0 bridgehead atoms. The fourth-order valence-corrected chi connectivity index (χ4v) is 5.10. The Hall–Kier alpha value is -2.71.